The van der Waals surface area contributed by atoms with Gasteiger partial charge in [0.2, 0.25) is 10.0 Å². The Kier molecular flexibility index (Phi) is 4.60. The van der Waals surface area contributed by atoms with Gasteiger partial charge in [-0.2, -0.15) is 4.31 Å². The Labute approximate surface area is 122 Å². The molecule has 0 unspecified atom stereocenters. The minimum atomic E-state index is -3.73. The molecule has 2 rings (SSSR count). The van der Waals surface area contributed by atoms with Crippen molar-refractivity contribution in [3.05, 3.63) is 30.1 Å². The van der Waals surface area contributed by atoms with Crippen LogP contribution in [0.15, 0.2) is 29.2 Å². The van der Waals surface area contributed by atoms with E-state index in [0.29, 0.717) is 13.1 Å². The van der Waals surface area contributed by atoms with Gasteiger partial charge in [-0.1, -0.05) is 6.07 Å². The third-order valence-electron chi connectivity index (χ3n) is 3.61. The summed E-state index contributed by atoms with van der Waals surface area (Å²) >= 11 is 0. The molecule has 6 nitrogen and oxygen atoms in total. The predicted molar refractivity (Wildman–Crippen MR) is 73.8 cm³/mol. The molecule has 0 aromatic heterocycles. The van der Waals surface area contributed by atoms with Gasteiger partial charge in [-0.25, -0.2) is 12.8 Å². The molecule has 21 heavy (non-hydrogen) atoms. The molecule has 8 heteroatoms. The molecule has 1 N–H and O–H groups in total. The number of hydrogen-bond acceptors (Lipinski definition) is 4. The monoisotopic (exact) mass is 316 g/mol. The second-order valence-corrected chi connectivity index (χ2v) is 6.85. The van der Waals surface area contributed by atoms with Crippen LogP contribution in [0.25, 0.3) is 0 Å². The van der Waals surface area contributed by atoms with Crippen molar-refractivity contribution in [2.45, 2.75) is 17.9 Å². The number of benzene rings is 1. The molecule has 1 aliphatic heterocycles. The SMILES string of the molecule is C[C@H](C(=O)O)N1CCN(S(=O)(=O)c2cccc(F)c2)CC1. The Morgan fingerprint density at radius 2 is 1.90 bits per heavy atom. The number of halogens is 1. The molecule has 1 heterocycles. The van der Waals surface area contributed by atoms with Gasteiger partial charge < -0.3 is 5.11 Å². The van der Waals surface area contributed by atoms with Crippen LogP contribution in [0.2, 0.25) is 0 Å². The number of carbonyl (C=O) groups is 1. The van der Waals surface area contributed by atoms with Crippen LogP contribution in [0.5, 0.6) is 0 Å². The summed E-state index contributed by atoms with van der Waals surface area (Å²) in [7, 11) is -3.73. The largest absolute Gasteiger partial charge is 0.480 e. The Morgan fingerprint density at radius 3 is 2.43 bits per heavy atom. The molecule has 1 fully saturated rings. The predicted octanol–water partition coefficient (Wildman–Crippen LogP) is 0.605. The number of sulfonamides is 1. The summed E-state index contributed by atoms with van der Waals surface area (Å²) in [4.78, 5) is 12.5. The average molecular weight is 316 g/mol. The summed E-state index contributed by atoms with van der Waals surface area (Å²) in [6.07, 6.45) is 0. The van der Waals surface area contributed by atoms with Gasteiger partial charge in [-0.05, 0) is 25.1 Å². The van der Waals surface area contributed by atoms with Gasteiger partial charge in [0.15, 0.2) is 0 Å². The summed E-state index contributed by atoms with van der Waals surface area (Å²) in [6, 6.07) is 4.23. The molecule has 0 amide bonds. The fourth-order valence-electron chi connectivity index (χ4n) is 2.26. The standard InChI is InChI=1S/C13H17FN2O4S/c1-10(13(17)18)15-5-7-16(8-6-15)21(19,20)12-4-2-3-11(14)9-12/h2-4,9-10H,5-8H2,1H3,(H,17,18)/t10-/m1/s1. The smallest absolute Gasteiger partial charge is 0.320 e. The molecular formula is C13H17FN2O4S. The van der Waals surface area contributed by atoms with Gasteiger partial charge in [-0.15, -0.1) is 0 Å². The molecule has 0 saturated carbocycles. The van der Waals surface area contributed by atoms with Crippen LogP contribution >= 0.6 is 0 Å². The summed E-state index contributed by atoms with van der Waals surface area (Å²) in [5, 5.41) is 8.95. The molecule has 0 spiro atoms. The maximum absolute atomic E-state index is 13.2. The second kappa shape index (κ2) is 6.08. The number of aliphatic carboxylic acids is 1. The first kappa shape index (κ1) is 15.9. The fraction of sp³-hybridized carbons (Fsp3) is 0.462. The normalized spacial score (nSPS) is 19.3. The third-order valence-corrected chi connectivity index (χ3v) is 5.51. The van der Waals surface area contributed by atoms with Crippen LogP contribution < -0.4 is 0 Å². The fourth-order valence-corrected chi connectivity index (χ4v) is 3.72. The van der Waals surface area contributed by atoms with Crippen LogP contribution in [-0.4, -0.2) is 60.9 Å². The molecule has 1 aromatic rings. The van der Waals surface area contributed by atoms with Gasteiger partial charge in [0, 0.05) is 26.2 Å². The van der Waals surface area contributed by atoms with Crippen molar-refractivity contribution in [2.24, 2.45) is 0 Å². The van der Waals surface area contributed by atoms with Crippen molar-refractivity contribution >= 4 is 16.0 Å². The number of hydrogen-bond donors (Lipinski definition) is 1. The minimum absolute atomic E-state index is 0.0813. The van der Waals surface area contributed by atoms with Crippen molar-refractivity contribution in [3.63, 3.8) is 0 Å². The molecule has 0 bridgehead atoms. The van der Waals surface area contributed by atoms with Gasteiger partial charge in [0.25, 0.3) is 0 Å². The van der Waals surface area contributed by atoms with Gasteiger partial charge in [-0.3, -0.25) is 9.69 Å². The number of rotatable bonds is 4. The summed E-state index contributed by atoms with van der Waals surface area (Å²) < 4.78 is 39.2. The highest BCUT2D eigenvalue weighted by molar-refractivity contribution is 7.89. The maximum atomic E-state index is 13.2. The van der Waals surface area contributed by atoms with Crippen LogP contribution in [0.4, 0.5) is 4.39 Å². The first-order chi connectivity index (χ1) is 9.82. The van der Waals surface area contributed by atoms with Crippen molar-refractivity contribution in [2.75, 3.05) is 26.2 Å². The Morgan fingerprint density at radius 1 is 1.29 bits per heavy atom. The van der Waals surface area contributed by atoms with E-state index in [1.165, 1.54) is 22.5 Å². The number of carboxylic acids is 1. The van der Waals surface area contributed by atoms with E-state index < -0.39 is 27.9 Å². The summed E-state index contributed by atoms with van der Waals surface area (Å²) in [5.41, 5.74) is 0. The van der Waals surface area contributed by atoms with Gasteiger partial charge in [0.1, 0.15) is 11.9 Å². The zero-order valence-electron chi connectivity index (χ0n) is 11.6. The number of carboxylic acid groups (broad SMARTS) is 1. The van der Waals surface area contributed by atoms with E-state index in [1.54, 1.807) is 11.8 Å². The molecule has 116 valence electrons. The lowest BCUT2D eigenvalue weighted by atomic mass is 10.2. The van der Waals surface area contributed by atoms with E-state index in [4.69, 9.17) is 5.11 Å². The van der Waals surface area contributed by atoms with E-state index in [0.717, 1.165) is 6.07 Å². The van der Waals surface area contributed by atoms with E-state index in [-0.39, 0.29) is 18.0 Å². The molecule has 0 aliphatic carbocycles. The van der Waals surface area contributed by atoms with Gasteiger partial charge in [0.05, 0.1) is 4.90 Å². The lowest BCUT2D eigenvalue weighted by Gasteiger charge is -2.35. The quantitative estimate of drug-likeness (QED) is 0.880. The highest BCUT2D eigenvalue weighted by Crippen LogP contribution is 2.19. The molecule has 1 aliphatic rings. The van der Waals surface area contributed by atoms with Crippen LogP contribution in [0, 0.1) is 5.82 Å². The summed E-state index contributed by atoms with van der Waals surface area (Å²) in [6.45, 7) is 2.62. The maximum Gasteiger partial charge on any atom is 0.320 e. The van der Waals surface area contributed by atoms with Crippen molar-refractivity contribution in [1.82, 2.24) is 9.21 Å². The third kappa shape index (κ3) is 3.39. The van der Waals surface area contributed by atoms with Gasteiger partial charge >= 0.3 is 5.97 Å². The zero-order chi connectivity index (χ0) is 15.6. The van der Waals surface area contributed by atoms with Crippen molar-refractivity contribution in [3.8, 4) is 0 Å². The van der Waals surface area contributed by atoms with Crippen LogP contribution in [0.3, 0.4) is 0 Å². The first-order valence-electron chi connectivity index (χ1n) is 6.55. The van der Waals surface area contributed by atoms with Crippen molar-refractivity contribution < 1.29 is 22.7 Å². The number of nitrogens with zero attached hydrogens (tertiary/aromatic N) is 2. The van der Waals surface area contributed by atoms with Crippen molar-refractivity contribution in [1.29, 1.82) is 0 Å². The molecule has 0 radical (unpaired) electrons. The second-order valence-electron chi connectivity index (χ2n) is 4.91. The highest BCUT2D eigenvalue weighted by atomic mass is 32.2. The minimum Gasteiger partial charge on any atom is -0.480 e. The van der Waals surface area contributed by atoms with E-state index in [9.17, 15) is 17.6 Å². The Hall–Kier alpha value is -1.51. The summed E-state index contributed by atoms with van der Waals surface area (Å²) in [5.74, 6) is -1.54. The van der Waals surface area contributed by atoms with Crippen LogP contribution in [0.1, 0.15) is 6.92 Å². The average Bonchev–Trinajstić information content (AvgIpc) is 2.46. The number of piperazine rings is 1. The zero-order valence-corrected chi connectivity index (χ0v) is 12.4. The Bertz CT molecular complexity index is 627. The molecule has 1 aromatic carbocycles. The Balaban J connectivity index is 2.09. The molecule has 1 atom stereocenters. The highest BCUT2D eigenvalue weighted by Gasteiger charge is 2.31. The lowest BCUT2D eigenvalue weighted by molar-refractivity contribution is -0.143. The van der Waals surface area contributed by atoms with E-state index >= 15 is 0 Å². The topological polar surface area (TPSA) is 77.9 Å². The first-order valence-corrected chi connectivity index (χ1v) is 7.99. The van der Waals surface area contributed by atoms with Crippen LogP contribution in [-0.2, 0) is 14.8 Å². The molecule has 1 saturated heterocycles. The van der Waals surface area contributed by atoms with E-state index in [2.05, 4.69) is 0 Å². The molecular weight excluding hydrogens is 299 g/mol. The van der Waals surface area contributed by atoms with E-state index in [1.807, 2.05) is 0 Å². The lowest BCUT2D eigenvalue weighted by Crippen LogP contribution is -2.53.